The highest BCUT2D eigenvalue weighted by atomic mass is 32.2. The third-order valence-corrected chi connectivity index (χ3v) is 2.47. The van der Waals surface area contributed by atoms with Gasteiger partial charge in [-0.15, -0.1) is 0 Å². The van der Waals surface area contributed by atoms with Crippen molar-refractivity contribution in [3.8, 4) is 0 Å². The predicted octanol–water partition coefficient (Wildman–Crippen LogP) is 0.641. The smallest absolute Gasteiger partial charge is 0.190 e. The summed E-state index contributed by atoms with van der Waals surface area (Å²) in [5.74, 6) is 0. The van der Waals surface area contributed by atoms with Crippen LogP contribution in [0, 0.1) is 0 Å². The lowest BCUT2D eigenvalue weighted by Crippen LogP contribution is -2.12. The summed E-state index contributed by atoms with van der Waals surface area (Å²) >= 11 is -0.397. The van der Waals surface area contributed by atoms with E-state index >= 15 is 0 Å². The average Bonchev–Trinajstić information content (AvgIpc) is 2.49. The molecule has 2 rings (SSSR count). The maximum absolute atomic E-state index is 10.6. The number of anilines is 1. The number of fused-ring (bicyclic) bond motifs is 1. The zero-order valence-corrected chi connectivity index (χ0v) is 8.06. The van der Waals surface area contributed by atoms with E-state index in [1.807, 2.05) is 0 Å². The van der Waals surface area contributed by atoms with Crippen LogP contribution in [0.4, 0.5) is 5.69 Å². The molecule has 0 amide bonds. The van der Waals surface area contributed by atoms with E-state index in [1.54, 1.807) is 18.2 Å². The van der Waals surface area contributed by atoms with Gasteiger partial charge in [0.05, 0.1) is 11.7 Å². The van der Waals surface area contributed by atoms with Crippen LogP contribution in [-0.2, 0) is 11.2 Å². The van der Waals surface area contributed by atoms with Gasteiger partial charge in [0.25, 0.3) is 0 Å². The molecule has 0 aliphatic heterocycles. The Morgan fingerprint density at radius 3 is 2.92 bits per heavy atom. The second-order valence-corrected chi connectivity index (χ2v) is 3.69. The molecule has 1 aromatic heterocycles. The molecular weight excluding hydrogens is 208 g/mol. The lowest BCUT2D eigenvalue weighted by Gasteiger charge is -1.99. The molecule has 2 aromatic rings. The highest BCUT2D eigenvalue weighted by molar-refractivity contribution is 7.84. The molecule has 1 unspecified atom stereocenters. The fourth-order valence-corrected chi connectivity index (χ4v) is 1.84. The largest absolute Gasteiger partial charge is 0.293 e. The lowest BCUT2D eigenvalue weighted by atomic mass is 10.3. The van der Waals surface area contributed by atoms with Crippen LogP contribution in [0.25, 0.3) is 11.0 Å². The van der Waals surface area contributed by atoms with Crippen molar-refractivity contribution in [2.45, 2.75) is 0 Å². The maximum Gasteiger partial charge on any atom is 0.190 e. The van der Waals surface area contributed by atoms with Crippen LogP contribution in [0.2, 0.25) is 0 Å². The van der Waals surface area contributed by atoms with Gasteiger partial charge in [0, 0.05) is 5.69 Å². The van der Waals surface area contributed by atoms with E-state index in [1.165, 1.54) is 0 Å². The predicted molar refractivity (Wildman–Crippen MR) is 53.4 cm³/mol. The maximum atomic E-state index is 10.6. The van der Waals surface area contributed by atoms with Crippen molar-refractivity contribution < 1.29 is 4.21 Å². The SMILES string of the molecule is NS(=O)Nc1ccc2nsnc2c1. The molecule has 68 valence electrons. The normalized spacial score (nSPS) is 13.0. The number of hydrogen-bond acceptors (Lipinski definition) is 4. The molecule has 5 nitrogen and oxygen atoms in total. The Balaban J connectivity index is 2.42. The minimum absolute atomic E-state index is 0.682. The fourth-order valence-electron chi connectivity index (χ4n) is 0.962. The van der Waals surface area contributed by atoms with Crippen molar-refractivity contribution in [3.05, 3.63) is 18.2 Å². The first-order valence-corrected chi connectivity index (χ1v) is 5.35. The molecule has 0 aliphatic rings. The Kier molecular flexibility index (Phi) is 2.21. The van der Waals surface area contributed by atoms with Gasteiger partial charge in [-0.25, -0.2) is 9.35 Å². The Morgan fingerprint density at radius 1 is 1.38 bits per heavy atom. The zero-order valence-electron chi connectivity index (χ0n) is 6.43. The molecule has 0 saturated heterocycles. The van der Waals surface area contributed by atoms with Crippen molar-refractivity contribution in [1.29, 1.82) is 0 Å². The Hall–Kier alpha value is -1.05. The molecule has 1 atom stereocenters. The van der Waals surface area contributed by atoms with E-state index in [-0.39, 0.29) is 0 Å². The van der Waals surface area contributed by atoms with Crippen molar-refractivity contribution in [2.24, 2.45) is 5.14 Å². The van der Waals surface area contributed by atoms with Gasteiger partial charge < -0.3 is 0 Å². The van der Waals surface area contributed by atoms with Crippen LogP contribution in [0.3, 0.4) is 0 Å². The van der Waals surface area contributed by atoms with Crippen molar-refractivity contribution in [3.63, 3.8) is 0 Å². The molecule has 7 heteroatoms. The number of benzene rings is 1. The molecule has 3 N–H and O–H groups in total. The molecule has 1 heterocycles. The van der Waals surface area contributed by atoms with Crippen LogP contribution in [-0.4, -0.2) is 13.0 Å². The van der Waals surface area contributed by atoms with Crippen molar-refractivity contribution in [1.82, 2.24) is 8.75 Å². The van der Waals surface area contributed by atoms with Crippen LogP contribution in [0.1, 0.15) is 0 Å². The second kappa shape index (κ2) is 3.36. The van der Waals surface area contributed by atoms with Gasteiger partial charge in [-0.05, 0) is 18.2 Å². The average molecular weight is 214 g/mol. The quantitative estimate of drug-likeness (QED) is 0.769. The molecular formula is C6H6N4OS2. The van der Waals surface area contributed by atoms with Gasteiger partial charge in [-0.2, -0.15) is 8.75 Å². The summed E-state index contributed by atoms with van der Waals surface area (Å²) in [5.41, 5.74) is 2.29. The summed E-state index contributed by atoms with van der Waals surface area (Å²) < 4.78 is 21.3. The third-order valence-electron chi connectivity index (χ3n) is 1.47. The number of rotatable bonds is 2. The van der Waals surface area contributed by atoms with Gasteiger partial charge in [-0.1, -0.05) is 0 Å². The topological polar surface area (TPSA) is 80.9 Å². The third kappa shape index (κ3) is 1.82. The van der Waals surface area contributed by atoms with Crippen LogP contribution < -0.4 is 9.86 Å². The first-order valence-electron chi connectivity index (χ1n) is 3.41. The Bertz CT molecular complexity index is 455. The minimum Gasteiger partial charge on any atom is -0.293 e. The molecule has 0 aliphatic carbocycles. The monoisotopic (exact) mass is 214 g/mol. The molecule has 0 saturated carbocycles. The van der Waals surface area contributed by atoms with Gasteiger partial charge in [0.2, 0.25) is 0 Å². The highest BCUT2D eigenvalue weighted by Gasteiger charge is 2.00. The molecule has 0 fully saturated rings. The van der Waals surface area contributed by atoms with Gasteiger partial charge in [-0.3, -0.25) is 4.72 Å². The van der Waals surface area contributed by atoms with Gasteiger partial charge >= 0.3 is 0 Å². The summed E-state index contributed by atoms with van der Waals surface area (Å²) in [6.45, 7) is 0. The summed E-state index contributed by atoms with van der Waals surface area (Å²) in [6, 6.07) is 5.31. The number of nitrogens with one attached hydrogen (secondary N) is 1. The standard InChI is InChI=1S/C6H6N4OS2/c7-13(11)10-4-1-2-5-6(3-4)9-12-8-5/h1-3,10H,7H2. The first-order chi connectivity index (χ1) is 6.25. The van der Waals surface area contributed by atoms with E-state index in [0.29, 0.717) is 5.69 Å². The molecule has 0 radical (unpaired) electrons. The summed E-state index contributed by atoms with van der Waals surface area (Å²) in [7, 11) is 0. The van der Waals surface area contributed by atoms with Crippen molar-refractivity contribution >= 4 is 39.6 Å². The molecule has 0 bridgehead atoms. The van der Waals surface area contributed by atoms with E-state index in [9.17, 15) is 4.21 Å². The van der Waals surface area contributed by atoms with Gasteiger partial charge in [0.1, 0.15) is 11.0 Å². The summed E-state index contributed by atoms with van der Waals surface area (Å²) in [5, 5.41) is 5.07. The Labute approximate surface area is 81.0 Å². The molecule has 0 spiro atoms. The van der Waals surface area contributed by atoms with Crippen LogP contribution >= 0.6 is 11.7 Å². The van der Waals surface area contributed by atoms with E-state index in [4.69, 9.17) is 5.14 Å². The Morgan fingerprint density at radius 2 is 2.15 bits per heavy atom. The van der Waals surface area contributed by atoms with Crippen LogP contribution in [0.15, 0.2) is 18.2 Å². The fraction of sp³-hybridized carbons (Fsp3) is 0. The van der Waals surface area contributed by atoms with E-state index < -0.39 is 11.2 Å². The van der Waals surface area contributed by atoms with Gasteiger partial charge in [0.15, 0.2) is 11.2 Å². The van der Waals surface area contributed by atoms with Crippen LogP contribution in [0.5, 0.6) is 0 Å². The lowest BCUT2D eigenvalue weighted by molar-refractivity contribution is 0.687. The first kappa shape index (κ1) is 8.54. The molecule has 1 aromatic carbocycles. The number of nitrogens with two attached hydrogens (primary N) is 1. The van der Waals surface area contributed by atoms with E-state index in [2.05, 4.69) is 13.5 Å². The summed E-state index contributed by atoms with van der Waals surface area (Å²) in [6.07, 6.45) is 0. The highest BCUT2D eigenvalue weighted by Crippen LogP contribution is 2.16. The number of aromatic nitrogens is 2. The molecule has 13 heavy (non-hydrogen) atoms. The van der Waals surface area contributed by atoms with E-state index in [0.717, 1.165) is 22.8 Å². The summed E-state index contributed by atoms with van der Waals surface area (Å²) in [4.78, 5) is 0. The second-order valence-electron chi connectivity index (χ2n) is 2.37. The minimum atomic E-state index is -1.54. The van der Waals surface area contributed by atoms with Crippen molar-refractivity contribution in [2.75, 3.05) is 4.72 Å². The number of hydrogen-bond donors (Lipinski definition) is 2. The zero-order chi connectivity index (χ0) is 9.26. The number of nitrogens with zero attached hydrogens (tertiary/aromatic N) is 2.